The lowest BCUT2D eigenvalue weighted by atomic mass is 10.2. The molecule has 0 unspecified atom stereocenters. The maximum absolute atomic E-state index is 11.1. The molecule has 0 spiro atoms. The van der Waals surface area contributed by atoms with Gasteiger partial charge in [-0.1, -0.05) is 5.16 Å². The summed E-state index contributed by atoms with van der Waals surface area (Å²) in [6.45, 7) is 0.469. The lowest BCUT2D eigenvalue weighted by Crippen LogP contribution is -2.13. The quantitative estimate of drug-likeness (QED) is 0.244. The number of benzene rings is 2. The summed E-state index contributed by atoms with van der Waals surface area (Å²) in [4.78, 5) is 15.6. The number of nitrogens with two attached hydrogens (primary N) is 1. The van der Waals surface area contributed by atoms with E-state index < -0.39 is 5.97 Å². The Hall–Kier alpha value is -3.55. The molecule has 0 atom stereocenters. The molecule has 25 heavy (non-hydrogen) atoms. The number of aromatic carboxylic acids is 1. The first-order valence-corrected chi connectivity index (χ1v) is 7.50. The smallest absolute Gasteiger partial charge is 0.335 e. The van der Waals surface area contributed by atoms with Crippen molar-refractivity contribution in [2.24, 2.45) is 17.9 Å². The van der Waals surface area contributed by atoms with E-state index in [0.717, 1.165) is 17.0 Å². The molecule has 8 nitrogen and oxygen atoms in total. The van der Waals surface area contributed by atoms with Crippen molar-refractivity contribution in [1.82, 2.24) is 9.55 Å². The second-order valence-corrected chi connectivity index (χ2v) is 5.51. The van der Waals surface area contributed by atoms with E-state index in [0.29, 0.717) is 17.6 Å². The van der Waals surface area contributed by atoms with Crippen molar-refractivity contribution in [3.8, 4) is 0 Å². The van der Waals surface area contributed by atoms with Crippen molar-refractivity contribution in [2.45, 2.75) is 6.54 Å². The lowest BCUT2D eigenvalue weighted by molar-refractivity contribution is 0.0697. The fourth-order valence-corrected chi connectivity index (χ4v) is 2.54. The molecule has 0 bridgehead atoms. The van der Waals surface area contributed by atoms with Crippen molar-refractivity contribution in [3.63, 3.8) is 0 Å². The minimum Gasteiger partial charge on any atom is -0.478 e. The molecule has 3 aromatic rings. The first-order valence-electron chi connectivity index (χ1n) is 7.50. The fourth-order valence-electron chi connectivity index (χ4n) is 2.54. The average Bonchev–Trinajstić information content (AvgIpc) is 2.95. The zero-order valence-electron chi connectivity index (χ0n) is 13.5. The highest BCUT2D eigenvalue weighted by Gasteiger charge is 2.11. The third kappa shape index (κ3) is 3.23. The summed E-state index contributed by atoms with van der Waals surface area (Å²) in [7, 11) is 1.88. The number of nitrogens with one attached hydrogen (secondary N) is 1. The second-order valence-electron chi connectivity index (χ2n) is 5.51. The van der Waals surface area contributed by atoms with Gasteiger partial charge in [-0.2, -0.15) is 0 Å². The normalized spacial score (nSPS) is 11.6. The number of rotatable bonds is 5. The number of aryl methyl sites for hydroxylation is 1. The number of nitrogens with zero attached hydrogens (tertiary/aromatic N) is 3. The zero-order chi connectivity index (χ0) is 18.0. The summed E-state index contributed by atoms with van der Waals surface area (Å²) in [6, 6.07) is 12.0. The van der Waals surface area contributed by atoms with Crippen LogP contribution in [0.1, 0.15) is 21.7 Å². The number of imidazole rings is 1. The minimum atomic E-state index is -0.974. The Balaban J connectivity index is 1.79. The highest BCUT2D eigenvalue weighted by Crippen LogP contribution is 2.18. The van der Waals surface area contributed by atoms with Crippen molar-refractivity contribution in [1.29, 1.82) is 0 Å². The van der Waals surface area contributed by atoms with Gasteiger partial charge in [0.2, 0.25) is 0 Å². The predicted molar refractivity (Wildman–Crippen MR) is 94.0 cm³/mol. The Morgan fingerprint density at radius 1 is 1.24 bits per heavy atom. The van der Waals surface area contributed by atoms with Gasteiger partial charge < -0.3 is 25.9 Å². The van der Waals surface area contributed by atoms with Gasteiger partial charge in [0.15, 0.2) is 5.84 Å². The maximum atomic E-state index is 11.1. The van der Waals surface area contributed by atoms with E-state index in [1.165, 1.54) is 0 Å². The summed E-state index contributed by atoms with van der Waals surface area (Å²) >= 11 is 0. The third-order valence-corrected chi connectivity index (χ3v) is 3.96. The van der Waals surface area contributed by atoms with Gasteiger partial charge in [0.1, 0.15) is 5.82 Å². The molecule has 1 aromatic heterocycles. The molecule has 0 amide bonds. The molecule has 128 valence electrons. The minimum absolute atomic E-state index is 0.0520. The first kappa shape index (κ1) is 16.3. The van der Waals surface area contributed by atoms with E-state index in [-0.39, 0.29) is 11.4 Å². The molecule has 0 saturated carbocycles. The molecular weight excluding hydrogens is 322 g/mol. The average molecular weight is 339 g/mol. The van der Waals surface area contributed by atoms with E-state index in [1.54, 1.807) is 30.3 Å². The molecule has 2 aromatic carbocycles. The molecule has 1 heterocycles. The Kier molecular flexibility index (Phi) is 4.25. The maximum Gasteiger partial charge on any atom is 0.335 e. The zero-order valence-corrected chi connectivity index (χ0v) is 13.5. The number of carbonyl (C=O) groups is 1. The third-order valence-electron chi connectivity index (χ3n) is 3.96. The summed E-state index contributed by atoms with van der Waals surface area (Å²) in [6.07, 6.45) is 0. The fraction of sp³-hybridized carbons (Fsp3) is 0.118. The predicted octanol–water partition coefficient (Wildman–Crippen LogP) is 1.98. The topological polar surface area (TPSA) is 126 Å². The van der Waals surface area contributed by atoms with E-state index in [1.807, 2.05) is 23.7 Å². The summed E-state index contributed by atoms with van der Waals surface area (Å²) in [5, 5.41) is 23.9. The number of hydrogen-bond acceptors (Lipinski definition) is 5. The van der Waals surface area contributed by atoms with Gasteiger partial charge >= 0.3 is 5.97 Å². The number of amidine groups is 1. The molecule has 0 radical (unpaired) electrons. The van der Waals surface area contributed by atoms with E-state index in [4.69, 9.17) is 16.0 Å². The SMILES string of the molecule is Cn1c(CNc2ccc(C(N)=NO)cc2)nc2cc(C(=O)O)ccc21. The number of anilines is 1. The van der Waals surface area contributed by atoms with E-state index >= 15 is 0 Å². The van der Waals surface area contributed by atoms with Crippen molar-refractivity contribution in [3.05, 3.63) is 59.4 Å². The van der Waals surface area contributed by atoms with Crippen LogP contribution in [-0.4, -0.2) is 31.7 Å². The molecule has 3 rings (SSSR count). The lowest BCUT2D eigenvalue weighted by Gasteiger charge is -2.07. The van der Waals surface area contributed by atoms with Crippen LogP contribution in [0.15, 0.2) is 47.6 Å². The number of carboxylic acid groups (broad SMARTS) is 1. The van der Waals surface area contributed by atoms with Gasteiger partial charge in [0.05, 0.1) is 23.1 Å². The second kappa shape index (κ2) is 6.52. The van der Waals surface area contributed by atoms with Crippen LogP contribution in [0, 0.1) is 0 Å². The summed E-state index contributed by atoms with van der Waals surface area (Å²) in [5.41, 5.74) is 8.72. The molecule has 0 aliphatic carbocycles. The number of fused-ring (bicyclic) bond motifs is 1. The largest absolute Gasteiger partial charge is 0.478 e. The monoisotopic (exact) mass is 339 g/mol. The van der Waals surface area contributed by atoms with Gasteiger partial charge in [0.25, 0.3) is 0 Å². The van der Waals surface area contributed by atoms with Crippen LogP contribution in [0.4, 0.5) is 5.69 Å². The summed E-state index contributed by atoms with van der Waals surface area (Å²) < 4.78 is 1.92. The van der Waals surface area contributed by atoms with Gasteiger partial charge in [0, 0.05) is 18.3 Å². The van der Waals surface area contributed by atoms with Gasteiger partial charge in [-0.15, -0.1) is 0 Å². The molecule has 8 heteroatoms. The van der Waals surface area contributed by atoms with E-state index in [9.17, 15) is 4.79 Å². The van der Waals surface area contributed by atoms with Gasteiger partial charge in [-0.05, 0) is 42.5 Å². The van der Waals surface area contributed by atoms with Crippen LogP contribution in [0.5, 0.6) is 0 Å². The Morgan fingerprint density at radius 3 is 2.56 bits per heavy atom. The highest BCUT2D eigenvalue weighted by atomic mass is 16.4. The van der Waals surface area contributed by atoms with Crippen molar-refractivity contribution < 1.29 is 15.1 Å². The Morgan fingerprint density at radius 2 is 1.92 bits per heavy atom. The van der Waals surface area contributed by atoms with Crippen LogP contribution >= 0.6 is 0 Å². The number of hydrogen-bond donors (Lipinski definition) is 4. The van der Waals surface area contributed by atoms with Gasteiger partial charge in [-0.3, -0.25) is 0 Å². The molecule has 5 N–H and O–H groups in total. The molecule has 0 fully saturated rings. The van der Waals surface area contributed by atoms with Crippen LogP contribution < -0.4 is 11.1 Å². The van der Waals surface area contributed by atoms with Crippen molar-refractivity contribution in [2.75, 3.05) is 5.32 Å². The van der Waals surface area contributed by atoms with Crippen LogP contribution in [0.3, 0.4) is 0 Å². The number of carboxylic acids is 1. The number of aromatic nitrogens is 2. The highest BCUT2D eigenvalue weighted by molar-refractivity contribution is 5.97. The Labute approximate surface area is 143 Å². The standard InChI is InChI=1S/C17H17N5O3/c1-22-14-7-4-11(17(23)24)8-13(14)20-15(22)9-19-12-5-2-10(3-6-12)16(18)21-25/h2-8,19,25H,9H2,1H3,(H2,18,21)(H,23,24). The molecule has 0 aliphatic rings. The van der Waals surface area contributed by atoms with E-state index in [2.05, 4.69) is 15.5 Å². The first-order chi connectivity index (χ1) is 12.0. The number of oxime groups is 1. The molecular formula is C17H17N5O3. The molecule has 0 saturated heterocycles. The van der Waals surface area contributed by atoms with Crippen LogP contribution in [0.2, 0.25) is 0 Å². The Bertz CT molecular complexity index is 960. The molecule has 0 aliphatic heterocycles. The van der Waals surface area contributed by atoms with Gasteiger partial charge in [-0.25, -0.2) is 9.78 Å². The van der Waals surface area contributed by atoms with Crippen LogP contribution in [-0.2, 0) is 13.6 Å². The van der Waals surface area contributed by atoms with Crippen LogP contribution in [0.25, 0.3) is 11.0 Å². The van der Waals surface area contributed by atoms with Crippen molar-refractivity contribution >= 4 is 28.5 Å². The summed E-state index contributed by atoms with van der Waals surface area (Å²) in [5.74, 6) is -0.146.